The van der Waals surface area contributed by atoms with Crippen molar-refractivity contribution in [2.75, 3.05) is 6.61 Å². The smallest absolute Gasteiger partial charge is 0.196 e. The van der Waals surface area contributed by atoms with Crippen molar-refractivity contribution in [3.05, 3.63) is 23.5 Å². The highest BCUT2D eigenvalue weighted by molar-refractivity contribution is 6.18. The summed E-state index contributed by atoms with van der Waals surface area (Å²) in [6, 6.07) is 0. The Hall–Kier alpha value is -1.05. The van der Waals surface area contributed by atoms with Crippen molar-refractivity contribution in [3.63, 3.8) is 0 Å². The fraction of sp³-hybridized carbons (Fsp3) is 0.500. The van der Waals surface area contributed by atoms with Crippen molar-refractivity contribution in [3.8, 4) is 0 Å². The largest absolute Gasteiger partial charge is 0.493 e. The van der Waals surface area contributed by atoms with Gasteiger partial charge in [0.25, 0.3) is 0 Å². The van der Waals surface area contributed by atoms with Gasteiger partial charge in [0.05, 0.1) is 12.2 Å². The Morgan fingerprint density at radius 2 is 2.08 bits per heavy atom. The lowest BCUT2D eigenvalue weighted by Crippen LogP contribution is -2.26. The van der Waals surface area contributed by atoms with Crippen LogP contribution in [0, 0.1) is 5.92 Å². The Morgan fingerprint density at radius 3 is 2.50 bits per heavy atom. The molecule has 0 aromatic carbocycles. The number of hydrogen-bond acceptors (Lipinski definition) is 2. The van der Waals surface area contributed by atoms with E-state index in [2.05, 4.69) is 6.58 Å². The predicted molar refractivity (Wildman–Crippen MR) is 47.6 cm³/mol. The van der Waals surface area contributed by atoms with E-state index in [1.54, 1.807) is 0 Å². The topological polar surface area (TPSA) is 26.3 Å². The van der Waals surface area contributed by atoms with Gasteiger partial charge in [-0.25, -0.2) is 0 Å². The van der Waals surface area contributed by atoms with Crippen LogP contribution >= 0.6 is 0 Å². The molecule has 1 aliphatic rings. The van der Waals surface area contributed by atoms with Crippen LogP contribution in [0.15, 0.2) is 23.5 Å². The van der Waals surface area contributed by atoms with Gasteiger partial charge >= 0.3 is 0 Å². The average Bonchev–Trinajstić information content (AvgIpc) is 2.02. The highest BCUT2D eigenvalue weighted by Gasteiger charge is 2.34. The van der Waals surface area contributed by atoms with Crippen molar-refractivity contribution >= 4 is 5.78 Å². The molecule has 1 rings (SSSR count). The fourth-order valence-electron chi connectivity index (χ4n) is 1.30. The van der Waals surface area contributed by atoms with Crippen molar-refractivity contribution in [1.29, 1.82) is 0 Å². The second-order valence-corrected chi connectivity index (χ2v) is 3.14. The molecular weight excluding hydrogens is 152 g/mol. The van der Waals surface area contributed by atoms with E-state index in [1.165, 1.54) is 0 Å². The zero-order valence-electron chi connectivity index (χ0n) is 7.81. The van der Waals surface area contributed by atoms with E-state index in [1.807, 2.05) is 20.8 Å². The molecule has 12 heavy (non-hydrogen) atoms. The highest BCUT2D eigenvalue weighted by Crippen LogP contribution is 2.34. The quantitative estimate of drug-likeness (QED) is 0.600. The monoisotopic (exact) mass is 166 g/mol. The minimum Gasteiger partial charge on any atom is -0.493 e. The van der Waals surface area contributed by atoms with Crippen LogP contribution in [0.3, 0.4) is 0 Å². The molecule has 0 aromatic heterocycles. The van der Waals surface area contributed by atoms with Gasteiger partial charge in [0, 0.05) is 5.57 Å². The number of allylic oxidation sites excluding steroid dienone is 2. The molecule has 0 fully saturated rings. The SMILES string of the molecule is C=C1C(=O)C(C(C)C)=C1OCC. The fourth-order valence-corrected chi connectivity index (χ4v) is 1.30. The van der Waals surface area contributed by atoms with Crippen LogP contribution < -0.4 is 0 Å². The van der Waals surface area contributed by atoms with E-state index in [-0.39, 0.29) is 11.7 Å². The third kappa shape index (κ3) is 1.17. The molecule has 0 heterocycles. The van der Waals surface area contributed by atoms with Gasteiger partial charge in [-0.3, -0.25) is 4.79 Å². The summed E-state index contributed by atoms with van der Waals surface area (Å²) in [5.41, 5.74) is 1.32. The maximum Gasteiger partial charge on any atom is 0.196 e. The second-order valence-electron chi connectivity index (χ2n) is 3.14. The van der Waals surface area contributed by atoms with E-state index in [4.69, 9.17) is 4.74 Å². The molecule has 2 nitrogen and oxygen atoms in total. The van der Waals surface area contributed by atoms with Gasteiger partial charge in [-0.15, -0.1) is 0 Å². The van der Waals surface area contributed by atoms with Gasteiger partial charge in [-0.2, -0.15) is 0 Å². The third-order valence-electron chi connectivity index (χ3n) is 1.90. The summed E-state index contributed by atoms with van der Waals surface area (Å²) in [5, 5.41) is 0. The Morgan fingerprint density at radius 1 is 1.50 bits per heavy atom. The predicted octanol–water partition coefficient (Wildman–Crippen LogP) is 2.07. The Balaban J connectivity index is 2.91. The van der Waals surface area contributed by atoms with Gasteiger partial charge in [-0.1, -0.05) is 20.4 Å². The van der Waals surface area contributed by atoms with Crippen LogP contribution in [0.5, 0.6) is 0 Å². The molecule has 0 saturated heterocycles. The van der Waals surface area contributed by atoms with Crippen LogP contribution in [0.2, 0.25) is 0 Å². The average molecular weight is 166 g/mol. The van der Waals surface area contributed by atoms with Crippen LogP contribution in [-0.2, 0) is 9.53 Å². The summed E-state index contributed by atoms with van der Waals surface area (Å²) in [4.78, 5) is 11.3. The van der Waals surface area contributed by atoms with Crippen molar-refractivity contribution < 1.29 is 9.53 Å². The summed E-state index contributed by atoms with van der Waals surface area (Å²) in [5.74, 6) is 1.02. The van der Waals surface area contributed by atoms with Crippen LogP contribution in [0.1, 0.15) is 20.8 Å². The Labute approximate surface area is 72.9 Å². The zero-order valence-corrected chi connectivity index (χ0v) is 7.81. The molecule has 0 unspecified atom stereocenters. The summed E-state index contributed by atoms with van der Waals surface area (Å²) in [6.45, 7) is 10.1. The molecular formula is C10H14O2. The Bertz CT molecular complexity index is 259. The molecule has 0 radical (unpaired) electrons. The molecule has 0 atom stereocenters. The first-order valence-electron chi connectivity index (χ1n) is 4.20. The standard InChI is InChI=1S/C10H14O2/c1-5-12-10-7(4)9(11)8(10)6(2)3/h6H,4-5H2,1-3H3. The number of carbonyl (C=O) groups is 1. The molecule has 0 saturated carbocycles. The molecule has 0 spiro atoms. The molecule has 2 heteroatoms. The molecule has 1 aliphatic carbocycles. The number of ketones is 1. The normalized spacial score (nSPS) is 17.0. The third-order valence-corrected chi connectivity index (χ3v) is 1.90. The van der Waals surface area contributed by atoms with E-state index in [9.17, 15) is 4.79 Å². The summed E-state index contributed by atoms with van der Waals surface area (Å²) in [6.07, 6.45) is 0. The Kier molecular flexibility index (Phi) is 2.36. The number of rotatable bonds is 3. The molecule has 0 amide bonds. The minimum atomic E-state index is 0.0634. The first-order valence-corrected chi connectivity index (χ1v) is 4.20. The second kappa shape index (κ2) is 3.13. The molecule has 0 N–H and O–H groups in total. The maximum absolute atomic E-state index is 11.3. The number of carbonyl (C=O) groups excluding carboxylic acids is 1. The van der Waals surface area contributed by atoms with Crippen molar-refractivity contribution in [1.82, 2.24) is 0 Å². The lowest BCUT2D eigenvalue weighted by atomic mass is 9.82. The lowest BCUT2D eigenvalue weighted by molar-refractivity contribution is -0.114. The maximum atomic E-state index is 11.3. The van der Waals surface area contributed by atoms with Crippen LogP contribution in [0.25, 0.3) is 0 Å². The van der Waals surface area contributed by atoms with Gasteiger partial charge in [0.15, 0.2) is 5.78 Å². The number of Topliss-reactive ketones (excluding diaryl/α,β-unsaturated/α-hetero) is 1. The number of hydrogen-bond donors (Lipinski definition) is 0. The van der Waals surface area contributed by atoms with Gasteiger partial charge < -0.3 is 4.74 Å². The van der Waals surface area contributed by atoms with E-state index in [0.29, 0.717) is 12.2 Å². The molecule has 0 aliphatic heterocycles. The number of ether oxygens (including phenoxy) is 1. The van der Waals surface area contributed by atoms with E-state index >= 15 is 0 Å². The van der Waals surface area contributed by atoms with Gasteiger partial charge in [0.1, 0.15) is 5.76 Å². The minimum absolute atomic E-state index is 0.0634. The summed E-state index contributed by atoms with van der Waals surface area (Å²) >= 11 is 0. The summed E-state index contributed by atoms with van der Waals surface area (Å²) < 4.78 is 5.29. The van der Waals surface area contributed by atoms with E-state index in [0.717, 1.165) is 11.3 Å². The van der Waals surface area contributed by atoms with Crippen molar-refractivity contribution in [2.45, 2.75) is 20.8 Å². The van der Waals surface area contributed by atoms with Crippen LogP contribution in [-0.4, -0.2) is 12.4 Å². The van der Waals surface area contributed by atoms with Crippen molar-refractivity contribution in [2.24, 2.45) is 5.92 Å². The highest BCUT2D eigenvalue weighted by atomic mass is 16.5. The van der Waals surface area contributed by atoms with Gasteiger partial charge in [-0.05, 0) is 12.8 Å². The van der Waals surface area contributed by atoms with Gasteiger partial charge in [0.2, 0.25) is 0 Å². The zero-order chi connectivity index (χ0) is 9.30. The molecule has 66 valence electrons. The van der Waals surface area contributed by atoms with Crippen LogP contribution in [0.4, 0.5) is 0 Å². The first-order chi connectivity index (χ1) is 5.59. The molecule has 0 aromatic rings. The first kappa shape index (κ1) is 9.04. The van der Waals surface area contributed by atoms with E-state index < -0.39 is 0 Å². The lowest BCUT2D eigenvalue weighted by Gasteiger charge is -2.26. The molecule has 0 bridgehead atoms. The summed E-state index contributed by atoms with van der Waals surface area (Å²) in [7, 11) is 0.